The van der Waals surface area contributed by atoms with Gasteiger partial charge in [0.15, 0.2) is 6.11 Å². The normalized spacial score (nSPS) is 8.81. The van der Waals surface area contributed by atoms with E-state index in [-0.39, 0.29) is 0 Å². The summed E-state index contributed by atoms with van der Waals surface area (Å²) in [4.78, 5) is 20.3. The first-order valence-electron chi connectivity index (χ1n) is 5.25. The predicted molar refractivity (Wildman–Crippen MR) is 60.2 cm³/mol. The highest BCUT2D eigenvalue weighted by Crippen LogP contribution is 2.00. The van der Waals surface area contributed by atoms with Crippen LogP contribution in [0.2, 0.25) is 0 Å². The Morgan fingerprint density at radius 2 is 2.06 bits per heavy atom. The molecular formula is C13H14O3. The van der Waals surface area contributed by atoms with Crippen LogP contribution < -0.4 is 0 Å². The van der Waals surface area contributed by atoms with Gasteiger partial charge in [0.05, 0.1) is 5.56 Å². The second kappa shape index (κ2) is 7.36. The van der Waals surface area contributed by atoms with Gasteiger partial charge in [-0.1, -0.05) is 37.5 Å². The van der Waals surface area contributed by atoms with Crippen molar-refractivity contribution in [2.45, 2.75) is 26.2 Å². The molecule has 0 radical (unpaired) electrons. The first kappa shape index (κ1) is 12.1. The number of hydrogen-bond donors (Lipinski definition) is 0. The number of hydrogen-bond acceptors (Lipinski definition) is 3. The van der Waals surface area contributed by atoms with E-state index in [1.165, 1.54) is 0 Å². The molecular weight excluding hydrogens is 204 g/mol. The van der Waals surface area contributed by atoms with E-state index in [4.69, 9.17) is 0 Å². The van der Waals surface area contributed by atoms with Crippen molar-refractivity contribution in [3.8, 4) is 12.0 Å². The Hall–Kier alpha value is -1.95. The maximum atomic E-state index is 11.3. The van der Waals surface area contributed by atoms with Gasteiger partial charge in [-0.2, -0.15) is 0 Å². The van der Waals surface area contributed by atoms with E-state index in [2.05, 4.69) is 28.7 Å². The summed E-state index contributed by atoms with van der Waals surface area (Å²) >= 11 is 0. The van der Waals surface area contributed by atoms with E-state index >= 15 is 0 Å². The highest BCUT2D eigenvalue weighted by atomic mass is 17.2. The molecule has 1 aromatic carbocycles. The summed E-state index contributed by atoms with van der Waals surface area (Å²) < 4.78 is 0. The van der Waals surface area contributed by atoms with Crippen LogP contribution in [0.5, 0.6) is 0 Å². The zero-order chi connectivity index (χ0) is 11.6. The van der Waals surface area contributed by atoms with E-state index in [1.807, 2.05) is 6.07 Å². The van der Waals surface area contributed by atoms with Crippen molar-refractivity contribution in [3.63, 3.8) is 0 Å². The lowest BCUT2D eigenvalue weighted by molar-refractivity contribution is -0.178. The summed E-state index contributed by atoms with van der Waals surface area (Å²) in [6, 6.07) is 8.63. The molecule has 0 aliphatic rings. The van der Waals surface area contributed by atoms with Gasteiger partial charge in [-0.3, -0.25) is 0 Å². The first-order valence-corrected chi connectivity index (χ1v) is 5.25. The van der Waals surface area contributed by atoms with Crippen LogP contribution in [-0.2, 0) is 9.78 Å². The molecule has 0 N–H and O–H groups in total. The van der Waals surface area contributed by atoms with Gasteiger partial charge in [0.2, 0.25) is 0 Å². The van der Waals surface area contributed by atoms with Crippen LogP contribution in [0.25, 0.3) is 0 Å². The van der Waals surface area contributed by atoms with Crippen LogP contribution in [0.15, 0.2) is 30.3 Å². The highest BCUT2D eigenvalue weighted by Gasteiger charge is 2.06. The zero-order valence-electron chi connectivity index (χ0n) is 9.23. The first-order chi connectivity index (χ1) is 7.84. The molecule has 1 rings (SSSR count). The van der Waals surface area contributed by atoms with Crippen LogP contribution >= 0.6 is 0 Å². The van der Waals surface area contributed by atoms with Crippen molar-refractivity contribution in [2.75, 3.05) is 0 Å². The van der Waals surface area contributed by atoms with Gasteiger partial charge in [-0.05, 0) is 18.6 Å². The maximum absolute atomic E-state index is 11.3. The molecule has 0 fully saturated rings. The van der Waals surface area contributed by atoms with Gasteiger partial charge in [0.1, 0.15) is 0 Å². The number of benzene rings is 1. The molecule has 1 aromatic rings. The molecule has 0 bridgehead atoms. The van der Waals surface area contributed by atoms with Crippen molar-refractivity contribution in [1.82, 2.24) is 0 Å². The maximum Gasteiger partial charge on any atom is 0.387 e. The number of unbranched alkanes of at least 4 members (excludes halogenated alkanes) is 2. The smallest absolute Gasteiger partial charge is 0.241 e. The lowest BCUT2D eigenvalue weighted by atomic mass is 10.2. The molecule has 0 aromatic heterocycles. The minimum absolute atomic E-state index is 0.442. The van der Waals surface area contributed by atoms with E-state index in [9.17, 15) is 4.79 Å². The Labute approximate surface area is 95.3 Å². The van der Waals surface area contributed by atoms with Gasteiger partial charge >= 0.3 is 5.97 Å². The second-order valence-electron chi connectivity index (χ2n) is 3.20. The summed E-state index contributed by atoms with van der Waals surface area (Å²) in [6.45, 7) is 2.08. The lowest BCUT2D eigenvalue weighted by Crippen LogP contribution is -2.03. The second-order valence-corrected chi connectivity index (χ2v) is 3.20. The SMILES string of the molecule is CCCCC#COOC(=O)c1ccccc1. The topological polar surface area (TPSA) is 35.5 Å². The van der Waals surface area contributed by atoms with Crippen molar-refractivity contribution >= 4 is 5.97 Å². The molecule has 0 saturated carbocycles. The third-order valence-electron chi connectivity index (χ3n) is 1.90. The summed E-state index contributed by atoms with van der Waals surface area (Å²) in [5, 5.41) is 0. The monoisotopic (exact) mass is 218 g/mol. The Kier molecular flexibility index (Phi) is 5.57. The van der Waals surface area contributed by atoms with Gasteiger partial charge in [0, 0.05) is 6.42 Å². The molecule has 84 valence electrons. The quantitative estimate of drug-likeness (QED) is 0.337. The average molecular weight is 218 g/mol. The van der Waals surface area contributed by atoms with E-state index in [1.54, 1.807) is 24.3 Å². The van der Waals surface area contributed by atoms with Crippen LogP contribution in [0, 0.1) is 12.0 Å². The van der Waals surface area contributed by atoms with Crippen molar-refractivity contribution in [1.29, 1.82) is 0 Å². The Morgan fingerprint density at radius 3 is 2.75 bits per heavy atom. The predicted octanol–water partition coefficient (Wildman–Crippen LogP) is 2.93. The number of carbonyl (C=O) groups excluding carboxylic acids is 1. The van der Waals surface area contributed by atoms with Crippen molar-refractivity contribution in [3.05, 3.63) is 35.9 Å². The fourth-order valence-corrected chi connectivity index (χ4v) is 1.03. The lowest BCUT2D eigenvalue weighted by Gasteiger charge is -1.97. The van der Waals surface area contributed by atoms with Crippen molar-refractivity contribution in [2.24, 2.45) is 0 Å². The molecule has 3 heteroatoms. The van der Waals surface area contributed by atoms with Gasteiger partial charge in [-0.25, -0.2) is 14.6 Å². The number of rotatable bonds is 4. The largest absolute Gasteiger partial charge is 0.387 e. The summed E-state index contributed by atoms with van der Waals surface area (Å²) in [7, 11) is 0. The molecule has 0 spiro atoms. The molecule has 16 heavy (non-hydrogen) atoms. The van der Waals surface area contributed by atoms with E-state index in [0.717, 1.165) is 19.3 Å². The fourth-order valence-electron chi connectivity index (χ4n) is 1.03. The van der Waals surface area contributed by atoms with E-state index < -0.39 is 5.97 Å². The minimum Gasteiger partial charge on any atom is -0.241 e. The standard InChI is InChI=1S/C13H14O3/c1-2-3-4-8-11-15-16-13(14)12-9-6-5-7-10-12/h5-7,9-10H,2-4H2,1H3. The minimum atomic E-state index is -0.537. The van der Waals surface area contributed by atoms with E-state index in [0.29, 0.717) is 5.56 Å². The molecule has 0 unspecified atom stereocenters. The molecule has 0 saturated heterocycles. The van der Waals surface area contributed by atoms with Gasteiger partial charge in [-0.15, -0.1) is 0 Å². The molecule has 0 aliphatic heterocycles. The third kappa shape index (κ3) is 4.52. The Bertz CT molecular complexity index is 373. The molecule has 0 heterocycles. The molecule has 3 nitrogen and oxygen atoms in total. The Morgan fingerprint density at radius 1 is 1.31 bits per heavy atom. The molecule has 0 aliphatic carbocycles. The fraction of sp³-hybridized carbons (Fsp3) is 0.308. The highest BCUT2D eigenvalue weighted by molar-refractivity contribution is 5.88. The zero-order valence-corrected chi connectivity index (χ0v) is 9.23. The summed E-state index contributed by atoms with van der Waals surface area (Å²) in [5.41, 5.74) is 0.442. The number of carbonyl (C=O) groups is 1. The third-order valence-corrected chi connectivity index (χ3v) is 1.90. The van der Waals surface area contributed by atoms with Gasteiger partial charge < -0.3 is 0 Å². The van der Waals surface area contributed by atoms with Gasteiger partial charge in [0.25, 0.3) is 0 Å². The molecule has 0 amide bonds. The molecule has 0 atom stereocenters. The Balaban J connectivity index is 2.28. The van der Waals surface area contributed by atoms with Crippen molar-refractivity contribution < 1.29 is 14.6 Å². The summed E-state index contributed by atoms with van der Waals surface area (Å²) in [6.07, 6.45) is 5.18. The van der Waals surface area contributed by atoms with Crippen LogP contribution in [0.3, 0.4) is 0 Å². The summed E-state index contributed by atoms with van der Waals surface area (Å²) in [5.74, 6) is 2.21. The average Bonchev–Trinajstić information content (AvgIpc) is 2.34. The van der Waals surface area contributed by atoms with Crippen LogP contribution in [0.4, 0.5) is 0 Å². The van der Waals surface area contributed by atoms with Crippen LogP contribution in [0.1, 0.15) is 36.5 Å². The van der Waals surface area contributed by atoms with Crippen LogP contribution in [-0.4, -0.2) is 5.97 Å².